The highest BCUT2D eigenvalue weighted by atomic mass is 35.5. The standard InChI is InChI=1S/C13H10ClFN2O2S2/c14-9-4-5-11(15)12(7-9)17-21(18,19)10-3-1-2-8(6-10)13(16)20/h1-7,17H,(H2,16,20). The van der Waals surface area contributed by atoms with E-state index in [-0.39, 0.29) is 20.6 Å². The largest absolute Gasteiger partial charge is 0.389 e. The van der Waals surface area contributed by atoms with Crippen molar-refractivity contribution in [2.75, 3.05) is 4.72 Å². The van der Waals surface area contributed by atoms with Crippen LogP contribution < -0.4 is 10.5 Å². The highest BCUT2D eigenvalue weighted by Gasteiger charge is 2.17. The Morgan fingerprint density at radius 2 is 1.95 bits per heavy atom. The van der Waals surface area contributed by atoms with E-state index in [0.717, 1.165) is 6.07 Å². The highest BCUT2D eigenvalue weighted by Crippen LogP contribution is 2.23. The van der Waals surface area contributed by atoms with E-state index in [1.807, 2.05) is 0 Å². The first kappa shape index (κ1) is 15.7. The van der Waals surface area contributed by atoms with Crippen molar-refractivity contribution in [3.8, 4) is 0 Å². The van der Waals surface area contributed by atoms with Gasteiger partial charge in [0.2, 0.25) is 0 Å². The second kappa shape index (κ2) is 5.97. The van der Waals surface area contributed by atoms with Crippen LogP contribution in [0.2, 0.25) is 5.02 Å². The van der Waals surface area contributed by atoms with Crippen LogP contribution in [-0.2, 0) is 10.0 Å². The van der Waals surface area contributed by atoms with Crippen molar-refractivity contribution >= 4 is 44.5 Å². The lowest BCUT2D eigenvalue weighted by molar-refractivity contribution is 0.598. The maximum absolute atomic E-state index is 13.6. The summed E-state index contributed by atoms with van der Waals surface area (Å²) >= 11 is 10.5. The molecule has 0 amide bonds. The third-order valence-electron chi connectivity index (χ3n) is 2.60. The van der Waals surface area contributed by atoms with Crippen LogP contribution in [0.4, 0.5) is 10.1 Å². The van der Waals surface area contributed by atoms with Gasteiger partial charge < -0.3 is 5.73 Å². The molecule has 0 atom stereocenters. The van der Waals surface area contributed by atoms with Crippen molar-refractivity contribution in [3.05, 3.63) is 58.9 Å². The molecule has 110 valence electrons. The SMILES string of the molecule is NC(=S)c1cccc(S(=O)(=O)Nc2cc(Cl)ccc2F)c1. The monoisotopic (exact) mass is 344 g/mol. The maximum atomic E-state index is 13.6. The summed E-state index contributed by atoms with van der Waals surface area (Å²) < 4.78 is 40.2. The van der Waals surface area contributed by atoms with Crippen molar-refractivity contribution in [1.82, 2.24) is 0 Å². The minimum absolute atomic E-state index is 0.0704. The molecular formula is C13H10ClFN2O2S2. The summed E-state index contributed by atoms with van der Waals surface area (Å²) in [5.41, 5.74) is 5.63. The lowest BCUT2D eigenvalue weighted by atomic mass is 10.2. The minimum atomic E-state index is -3.97. The van der Waals surface area contributed by atoms with E-state index in [2.05, 4.69) is 4.72 Å². The molecule has 0 bridgehead atoms. The van der Waals surface area contributed by atoms with Gasteiger partial charge in [0.1, 0.15) is 10.8 Å². The molecule has 0 aliphatic carbocycles. The van der Waals surface area contributed by atoms with Gasteiger partial charge in [0.05, 0.1) is 10.6 Å². The smallest absolute Gasteiger partial charge is 0.262 e. The zero-order valence-electron chi connectivity index (χ0n) is 10.5. The van der Waals surface area contributed by atoms with Gasteiger partial charge in [-0.3, -0.25) is 4.72 Å². The fourth-order valence-electron chi connectivity index (χ4n) is 1.60. The molecule has 0 aromatic heterocycles. The van der Waals surface area contributed by atoms with Crippen molar-refractivity contribution in [3.63, 3.8) is 0 Å². The van der Waals surface area contributed by atoms with Crippen LogP contribution in [0.25, 0.3) is 0 Å². The molecule has 2 rings (SSSR count). The van der Waals surface area contributed by atoms with E-state index in [4.69, 9.17) is 29.6 Å². The number of thiocarbonyl (C=S) groups is 1. The van der Waals surface area contributed by atoms with Gasteiger partial charge in [-0.05, 0) is 30.3 Å². The van der Waals surface area contributed by atoms with Crippen LogP contribution in [0.3, 0.4) is 0 Å². The second-order valence-electron chi connectivity index (χ2n) is 4.12. The van der Waals surface area contributed by atoms with E-state index in [1.165, 1.54) is 30.3 Å². The van der Waals surface area contributed by atoms with Crippen LogP contribution in [0.1, 0.15) is 5.56 Å². The molecule has 0 spiro atoms. The molecule has 0 fully saturated rings. The van der Waals surface area contributed by atoms with E-state index >= 15 is 0 Å². The number of nitrogens with two attached hydrogens (primary N) is 1. The molecule has 0 aliphatic rings. The lowest BCUT2D eigenvalue weighted by Crippen LogP contribution is -2.16. The Balaban J connectivity index is 2.41. The Bertz CT molecular complexity index is 810. The summed E-state index contributed by atoms with van der Waals surface area (Å²) in [5.74, 6) is -0.728. The highest BCUT2D eigenvalue weighted by molar-refractivity contribution is 7.92. The van der Waals surface area contributed by atoms with Crippen molar-refractivity contribution < 1.29 is 12.8 Å². The first-order chi connectivity index (χ1) is 9.79. The van der Waals surface area contributed by atoms with Gasteiger partial charge in [0, 0.05) is 10.6 Å². The summed E-state index contributed by atoms with van der Waals surface area (Å²) in [6.45, 7) is 0. The Labute approximate surface area is 131 Å². The minimum Gasteiger partial charge on any atom is -0.389 e. The Morgan fingerprint density at radius 1 is 1.24 bits per heavy atom. The van der Waals surface area contributed by atoms with Crippen molar-refractivity contribution in [2.24, 2.45) is 5.73 Å². The number of sulfonamides is 1. The summed E-state index contributed by atoms with van der Waals surface area (Å²) in [5, 5.41) is 0.214. The normalized spacial score (nSPS) is 11.1. The molecule has 0 unspecified atom stereocenters. The predicted octanol–water partition coefficient (Wildman–Crippen LogP) is 2.91. The third kappa shape index (κ3) is 3.69. The van der Waals surface area contributed by atoms with Gasteiger partial charge in [0.25, 0.3) is 10.0 Å². The van der Waals surface area contributed by atoms with Crippen LogP contribution in [0, 0.1) is 5.82 Å². The average molecular weight is 345 g/mol. The van der Waals surface area contributed by atoms with Gasteiger partial charge in [-0.15, -0.1) is 0 Å². The zero-order valence-corrected chi connectivity index (χ0v) is 12.9. The molecule has 4 nitrogen and oxygen atoms in total. The maximum Gasteiger partial charge on any atom is 0.262 e. The predicted molar refractivity (Wildman–Crippen MR) is 84.5 cm³/mol. The molecule has 8 heteroatoms. The average Bonchev–Trinajstić information content (AvgIpc) is 2.43. The molecule has 0 heterocycles. The van der Waals surface area contributed by atoms with Gasteiger partial charge in [-0.1, -0.05) is 36.0 Å². The molecule has 21 heavy (non-hydrogen) atoms. The number of rotatable bonds is 4. The van der Waals surface area contributed by atoms with Gasteiger partial charge in [0.15, 0.2) is 0 Å². The Kier molecular flexibility index (Phi) is 4.46. The van der Waals surface area contributed by atoms with E-state index < -0.39 is 15.8 Å². The first-order valence-corrected chi connectivity index (χ1v) is 7.94. The molecule has 0 saturated carbocycles. The molecular weight excluding hydrogens is 335 g/mol. The van der Waals surface area contributed by atoms with E-state index in [0.29, 0.717) is 5.56 Å². The van der Waals surface area contributed by atoms with E-state index in [9.17, 15) is 12.8 Å². The van der Waals surface area contributed by atoms with Gasteiger partial charge in [-0.2, -0.15) is 0 Å². The number of hydrogen-bond acceptors (Lipinski definition) is 3. The zero-order chi connectivity index (χ0) is 15.6. The number of halogens is 2. The molecule has 0 radical (unpaired) electrons. The quantitative estimate of drug-likeness (QED) is 0.836. The topological polar surface area (TPSA) is 72.2 Å². The fourth-order valence-corrected chi connectivity index (χ4v) is 3.00. The van der Waals surface area contributed by atoms with Gasteiger partial charge >= 0.3 is 0 Å². The summed E-state index contributed by atoms with van der Waals surface area (Å²) in [4.78, 5) is -0.00633. The molecule has 0 saturated heterocycles. The Hall–Kier alpha value is -1.70. The molecule has 2 aromatic rings. The summed E-state index contributed by atoms with van der Waals surface area (Å²) in [7, 11) is -3.97. The first-order valence-electron chi connectivity index (χ1n) is 5.67. The van der Waals surface area contributed by atoms with Crippen LogP contribution in [-0.4, -0.2) is 13.4 Å². The third-order valence-corrected chi connectivity index (χ3v) is 4.44. The number of nitrogens with one attached hydrogen (secondary N) is 1. The molecule has 2 aromatic carbocycles. The number of anilines is 1. The van der Waals surface area contributed by atoms with Gasteiger partial charge in [-0.25, -0.2) is 12.8 Å². The molecule has 3 N–H and O–H groups in total. The van der Waals surface area contributed by atoms with Crippen LogP contribution >= 0.6 is 23.8 Å². The van der Waals surface area contributed by atoms with Crippen molar-refractivity contribution in [1.29, 1.82) is 0 Å². The molecule has 0 aliphatic heterocycles. The van der Waals surface area contributed by atoms with Crippen molar-refractivity contribution in [2.45, 2.75) is 4.90 Å². The van der Waals surface area contributed by atoms with Crippen LogP contribution in [0.15, 0.2) is 47.4 Å². The Morgan fingerprint density at radius 3 is 2.62 bits per heavy atom. The summed E-state index contributed by atoms with van der Waals surface area (Å²) in [6.07, 6.45) is 0. The van der Waals surface area contributed by atoms with E-state index in [1.54, 1.807) is 6.07 Å². The summed E-state index contributed by atoms with van der Waals surface area (Å²) in [6, 6.07) is 9.33. The second-order valence-corrected chi connectivity index (χ2v) is 6.68. The van der Waals surface area contributed by atoms with Crippen LogP contribution in [0.5, 0.6) is 0 Å². The fraction of sp³-hybridized carbons (Fsp3) is 0. The number of benzene rings is 2. The lowest BCUT2D eigenvalue weighted by Gasteiger charge is -2.10. The number of hydrogen-bond donors (Lipinski definition) is 2.